The fourth-order valence-electron chi connectivity index (χ4n) is 3.29. The summed E-state index contributed by atoms with van der Waals surface area (Å²) in [4.78, 5) is 0. The number of aryl methyl sites for hydroxylation is 2. The summed E-state index contributed by atoms with van der Waals surface area (Å²) in [6.45, 7) is 9.26. The van der Waals surface area contributed by atoms with Gasteiger partial charge in [0.2, 0.25) is 0 Å². The van der Waals surface area contributed by atoms with Gasteiger partial charge in [0.1, 0.15) is 0 Å². The average Bonchev–Trinajstić information content (AvgIpc) is 2.38. The monoisotopic (exact) mass is 329 g/mol. The van der Waals surface area contributed by atoms with Gasteiger partial charge in [-0.3, -0.25) is 0 Å². The van der Waals surface area contributed by atoms with Crippen molar-refractivity contribution in [2.75, 3.05) is 0 Å². The summed E-state index contributed by atoms with van der Waals surface area (Å²) in [5.74, 6) is 0.742. The zero-order chi connectivity index (χ0) is 14.8. The molecule has 0 nitrogen and oxygen atoms in total. The van der Waals surface area contributed by atoms with Crippen LogP contribution in [0.25, 0.3) is 0 Å². The van der Waals surface area contributed by atoms with Gasteiger partial charge in [-0.2, -0.15) is 0 Å². The second-order valence-corrected chi connectivity index (χ2v) is 14.1. The van der Waals surface area contributed by atoms with Crippen molar-refractivity contribution in [3.63, 3.8) is 0 Å². The van der Waals surface area contributed by atoms with Crippen molar-refractivity contribution in [1.29, 1.82) is 0 Å². The normalized spacial score (nSPS) is 11.9. The van der Waals surface area contributed by atoms with E-state index in [0.717, 1.165) is 5.92 Å². The molecule has 0 saturated heterocycles. The van der Waals surface area contributed by atoms with E-state index in [1.165, 1.54) is 16.3 Å². The van der Waals surface area contributed by atoms with Crippen LogP contribution in [-0.2, 0) is 0 Å². The first kappa shape index (κ1) is 15.4. The van der Waals surface area contributed by atoms with E-state index in [1.807, 2.05) is 0 Å². The van der Waals surface area contributed by atoms with Gasteiger partial charge in [-0.05, 0) is 0 Å². The number of rotatable bonds is 4. The summed E-state index contributed by atoms with van der Waals surface area (Å²) < 4.78 is 3.27. The minimum absolute atomic E-state index is 0.742. The predicted molar refractivity (Wildman–Crippen MR) is 92.9 cm³/mol. The van der Waals surface area contributed by atoms with Crippen molar-refractivity contribution in [1.82, 2.24) is 0 Å². The van der Waals surface area contributed by atoms with Crippen molar-refractivity contribution in [2.24, 2.45) is 5.92 Å². The first-order valence-corrected chi connectivity index (χ1v) is 12.5. The van der Waals surface area contributed by atoms with Gasteiger partial charge in [0.05, 0.1) is 0 Å². The summed E-state index contributed by atoms with van der Waals surface area (Å²) in [5.41, 5.74) is 5.50. The Morgan fingerprint density at radius 3 is 1.55 bits per heavy atom. The van der Waals surface area contributed by atoms with Crippen molar-refractivity contribution in [3.8, 4) is 0 Å². The van der Waals surface area contributed by atoms with Gasteiger partial charge in [-0.1, -0.05) is 0 Å². The summed E-state index contributed by atoms with van der Waals surface area (Å²) in [5, 5.41) is 1.34. The second-order valence-electron chi connectivity index (χ2n) is 6.34. The Balaban J connectivity index is 2.63. The maximum absolute atomic E-state index is 2.57. The molecule has 0 N–H and O–H groups in total. The molecule has 0 radical (unpaired) electrons. The second kappa shape index (κ2) is 6.18. The summed E-state index contributed by atoms with van der Waals surface area (Å²) in [6.07, 6.45) is 0. The molecule has 0 aliphatic carbocycles. The predicted octanol–water partition coefficient (Wildman–Crippen LogP) is 4.15. The Morgan fingerprint density at radius 2 is 1.20 bits per heavy atom. The Kier molecular flexibility index (Phi) is 4.76. The van der Waals surface area contributed by atoms with Crippen molar-refractivity contribution < 1.29 is 0 Å². The standard InChI is InChI=1S/C19H26As/c1-15(2)14-20(5,18-12-8-6-10-16(18)3)19-13-9-7-11-17(19)4/h6-13,15H,14H2,1-5H3/q+1. The van der Waals surface area contributed by atoms with Gasteiger partial charge in [0.25, 0.3) is 0 Å². The van der Waals surface area contributed by atoms with Crippen molar-refractivity contribution >= 4 is 22.3 Å². The zero-order valence-electron chi connectivity index (χ0n) is 13.4. The van der Waals surface area contributed by atoms with E-state index in [9.17, 15) is 0 Å². The van der Waals surface area contributed by atoms with Crippen LogP contribution in [-0.4, -0.2) is 13.6 Å². The molecule has 2 rings (SSSR count). The maximum atomic E-state index is 2.57. The zero-order valence-corrected chi connectivity index (χ0v) is 15.2. The van der Waals surface area contributed by atoms with Gasteiger partial charge < -0.3 is 0 Å². The summed E-state index contributed by atoms with van der Waals surface area (Å²) >= 11 is -2.07. The van der Waals surface area contributed by atoms with Crippen LogP contribution >= 0.6 is 0 Å². The molecule has 0 aromatic heterocycles. The molecular formula is C19H26As+. The van der Waals surface area contributed by atoms with Crippen LogP contribution in [0.15, 0.2) is 48.5 Å². The van der Waals surface area contributed by atoms with Crippen LogP contribution in [0.3, 0.4) is 0 Å². The van der Waals surface area contributed by atoms with Crippen LogP contribution in [0.4, 0.5) is 0 Å². The molecule has 0 fully saturated rings. The Labute approximate surface area is 126 Å². The summed E-state index contributed by atoms with van der Waals surface area (Å²) in [7, 11) is 0. The molecule has 2 aromatic carbocycles. The van der Waals surface area contributed by atoms with Crippen molar-refractivity contribution in [3.05, 3.63) is 59.7 Å². The molecular weight excluding hydrogens is 303 g/mol. The molecule has 1 heteroatoms. The molecule has 0 aliphatic heterocycles. The van der Waals surface area contributed by atoms with Gasteiger partial charge >= 0.3 is 126 Å². The Morgan fingerprint density at radius 1 is 0.800 bits per heavy atom. The van der Waals surface area contributed by atoms with Crippen LogP contribution in [0.1, 0.15) is 25.0 Å². The van der Waals surface area contributed by atoms with E-state index in [-0.39, 0.29) is 0 Å². The van der Waals surface area contributed by atoms with Gasteiger partial charge in [-0.25, -0.2) is 0 Å². The number of hydrogen-bond donors (Lipinski definition) is 0. The molecule has 20 heavy (non-hydrogen) atoms. The molecule has 0 saturated carbocycles. The Hall–Kier alpha value is -1.00. The van der Waals surface area contributed by atoms with Gasteiger partial charge in [-0.15, -0.1) is 0 Å². The molecule has 0 bridgehead atoms. The van der Waals surface area contributed by atoms with Crippen molar-refractivity contribution in [2.45, 2.75) is 38.6 Å². The van der Waals surface area contributed by atoms with Gasteiger partial charge in [0, 0.05) is 0 Å². The molecule has 0 unspecified atom stereocenters. The fourth-order valence-corrected chi connectivity index (χ4v) is 13.0. The van der Waals surface area contributed by atoms with Crippen LogP contribution in [0.5, 0.6) is 0 Å². The summed E-state index contributed by atoms with van der Waals surface area (Å²) in [6, 6.07) is 18.0. The van der Waals surface area contributed by atoms with E-state index in [0.29, 0.717) is 0 Å². The third-order valence-corrected chi connectivity index (χ3v) is 13.7. The third kappa shape index (κ3) is 3.01. The molecule has 2 aromatic rings. The van der Waals surface area contributed by atoms with Crippen LogP contribution in [0, 0.1) is 19.8 Å². The molecule has 0 atom stereocenters. The fraction of sp³-hybridized carbons (Fsp3) is 0.368. The molecule has 0 aliphatic rings. The third-order valence-electron chi connectivity index (χ3n) is 4.02. The number of hydrogen-bond acceptors (Lipinski definition) is 0. The topological polar surface area (TPSA) is 0 Å². The first-order valence-electron chi connectivity index (χ1n) is 7.43. The van der Waals surface area contributed by atoms with E-state index < -0.39 is 13.6 Å². The first-order chi connectivity index (χ1) is 9.45. The quantitative estimate of drug-likeness (QED) is 0.739. The SMILES string of the molecule is Cc1ccccc1[As+](C)(CC(C)C)c1ccccc1C. The van der Waals surface area contributed by atoms with Crippen LogP contribution in [0.2, 0.25) is 10.9 Å². The van der Waals surface area contributed by atoms with E-state index in [4.69, 9.17) is 0 Å². The van der Waals surface area contributed by atoms with Crippen LogP contribution < -0.4 is 8.70 Å². The minimum atomic E-state index is -2.07. The molecule has 106 valence electrons. The average molecular weight is 329 g/mol. The Bertz CT molecular complexity index is 538. The molecule has 0 heterocycles. The molecule has 0 amide bonds. The van der Waals surface area contributed by atoms with Gasteiger partial charge in [0.15, 0.2) is 0 Å². The van der Waals surface area contributed by atoms with E-state index >= 15 is 0 Å². The van der Waals surface area contributed by atoms with E-state index in [2.05, 4.69) is 81.9 Å². The molecule has 0 spiro atoms. The number of benzene rings is 2. The van der Waals surface area contributed by atoms with E-state index in [1.54, 1.807) is 8.70 Å².